The van der Waals surface area contributed by atoms with Gasteiger partial charge in [-0.05, 0) is 17.7 Å². The molecule has 2 aromatic rings. The number of carbonyl (C=O) groups excluding carboxylic acids is 1. The van der Waals surface area contributed by atoms with E-state index in [1.165, 1.54) is 6.92 Å². The van der Waals surface area contributed by atoms with E-state index in [9.17, 15) is 4.79 Å². The van der Waals surface area contributed by atoms with Crippen molar-refractivity contribution in [2.45, 2.75) is 6.92 Å². The predicted molar refractivity (Wildman–Crippen MR) is 67.6 cm³/mol. The normalized spacial score (nSPS) is 9.94. The van der Waals surface area contributed by atoms with Crippen LogP contribution >= 0.6 is 0 Å². The number of nitrogen functional groups attached to an aromatic ring is 1. The van der Waals surface area contributed by atoms with Crippen LogP contribution in [-0.4, -0.2) is 5.97 Å². The van der Waals surface area contributed by atoms with Crippen molar-refractivity contribution in [2.24, 2.45) is 0 Å². The second-order valence-corrected chi connectivity index (χ2v) is 3.68. The number of benzene rings is 2. The highest BCUT2D eigenvalue weighted by atomic mass is 16.5. The van der Waals surface area contributed by atoms with Crippen molar-refractivity contribution in [3.05, 3.63) is 48.5 Å². The van der Waals surface area contributed by atoms with E-state index in [-0.39, 0.29) is 5.97 Å². The Kier molecular flexibility index (Phi) is 3.10. The summed E-state index contributed by atoms with van der Waals surface area (Å²) in [6.07, 6.45) is 0. The van der Waals surface area contributed by atoms with Gasteiger partial charge in [0.05, 0.1) is 0 Å². The van der Waals surface area contributed by atoms with E-state index in [2.05, 4.69) is 0 Å². The van der Waals surface area contributed by atoms with Gasteiger partial charge in [0, 0.05) is 18.2 Å². The Morgan fingerprint density at radius 2 is 1.76 bits per heavy atom. The van der Waals surface area contributed by atoms with E-state index in [4.69, 9.17) is 10.5 Å². The lowest BCUT2D eigenvalue weighted by Crippen LogP contribution is -2.04. The van der Waals surface area contributed by atoms with E-state index in [0.717, 1.165) is 11.1 Å². The summed E-state index contributed by atoms with van der Waals surface area (Å²) in [7, 11) is 0. The maximum atomic E-state index is 11.0. The quantitative estimate of drug-likeness (QED) is 0.487. The number of ether oxygens (including phenoxy) is 1. The molecule has 17 heavy (non-hydrogen) atoms. The van der Waals surface area contributed by atoms with Gasteiger partial charge in [0.1, 0.15) is 5.75 Å². The van der Waals surface area contributed by atoms with Gasteiger partial charge in [0.25, 0.3) is 0 Å². The van der Waals surface area contributed by atoms with Gasteiger partial charge in [0.15, 0.2) is 0 Å². The Morgan fingerprint density at radius 1 is 1.06 bits per heavy atom. The highest BCUT2D eigenvalue weighted by Crippen LogP contribution is 2.35. The van der Waals surface area contributed by atoms with Crippen molar-refractivity contribution in [2.75, 3.05) is 5.73 Å². The first-order chi connectivity index (χ1) is 8.18. The minimum Gasteiger partial charge on any atom is -0.426 e. The number of hydrogen-bond acceptors (Lipinski definition) is 3. The molecule has 0 aliphatic carbocycles. The molecule has 0 amide bonds. The smallest absolute Gasteiger partial charge is 0.308 e. The van der Waals surface area contributed by atoms with Gasteiger partial charge in [-0.2, -0.15) is 0 Å². The summed E-state index contributed by atoms with van der Waals surface area (Å²) in [4.78, 5) is 11.0. The maximum absolute atomic E-state index is 11.0. The molecule has 0 aromatic heterocycles. The summed E-state index contributed by atoms with van der Waals surface area (Å²) in [5.41, 5.74) is 8.22. The van der Waals surface area contributed by atoms with Gasteiger partial charge in [-0.15, -0.1) is 0 Å². The molecule has 0 saturated heterocycles. The number of carbonyl (C=O) groups is 1. The highest BCUT2D eigenvalue weighted by Gasteiger charge is 2.11. The SMILES string of the molecule is CC(=O)Oc1cccc(N)c1-c1ccccc1. The third-order valence-corrected chi connectivity index (χ3v) is 2.37. The Labute approximate surface area is 99.8 Å². The second kappa shape index (κ2) is 4.70. The zero-order chi connectivity index (χ0) is 12.3. The molecule has 0 saturated carbocycles. The number of anilines is 1. The fourth-order valence-electron chi connectivity index (χ4n) is 1.70. The molecule has 86 valence electrons. The highest BCUT2D eigenvalue weighted by molar-refractivity contribution is 5.84. The van der Waals surface area contributed by atoms with Crippen molar-refractivity contribution in [1.29, 1.82) is 0 Å². The Hall–Kier alpha value is -2.29. The minimum absolute atomic E-state index is 0.354. The summed E-state index contributed by atoms with van der Waals surface area (Å²) in [5.74, 6) is 0.136. The van der Waals surface area contributed by atoms with Crippen LogP contribution in [0.4, 0.5) is 5.69 Å². The lowest BCUT2D eigenvalue weighted by Gasteiger charge is -2.11. The molecule has 3 heteroatoms. The summed E-state index contributed by atoms with van der Waals surface area (Å²) >= 11 is 0. The molecular weight excluding hydrogens is 214 g/mol. The molecule has 0 atom stereocenters. The molecule has 2 rings (SSSR count). The predicted octanol–water partition coefficient (Wildman–Crippen LogP) is 2.86. The molecule has 0 bridgehead atoms. The number of esters is 1. The van der Waals surface area contributed by atoms with Crippen LogP contribution in [0, 0.1) is 0 Å². The van der Waals surface area contributed by atoms with Gasteiger partial charge in [0.2, 0.25) is 0 Å². The van der Waals surface area contributed by atoms with Crippen LogP contribution in [0.3, 0.4) is 0 Å². The van der Waals surface area contributed by atoms with Crippen LogP contribution in [0.15, 0.2) is 48.5 Å². The molecular formula is C14H13NO2. The van der Waals surface area contributed by atoms with Gasteiger partial charge >= 0.3 is 5.97 Å². The van der Waals surface area contributed by atoms with Crippen molar-refractivity contribution >= 4 is 11.7 Å². The standard InChI is InChI=1S/C14H13NO2/c1-10(16)17-13-9-5-8-12(15)14(13)11-6-3-2-4-7-11/h2-9H,15H2,1H3. The van der Waals surface area contributed by atoms with E-state index in [1.54, 1.807) is 18.2 Å². The summed E-state index contributed by atoms with van der Waals surface area (Å²) in [6.45, 7) is 1.37. The first kappa shape index (κ1) is 11.2. The lowest BCUT2D eigenvalue weighted by molar-refractivity contribution is -0.131. The topological polar surface area (TPSA) is 52.3 Å². The molecule has 0 radical (unpaired) electrons. The fourth-order valence-corrected chi connectivity index (χ4v) is 1.70. The first-order valence-corrected chi connectivity index (χ1v) is 5.31. The monoisotopic (exact) mass is 227 g/mol. The van der Waals surface area contributed by atoms with Crippen molar-refractivity contribution in [1.82, 2.24) is 0 Å². The van der Waals surface area contributed by atoms with E-state index in [0.29, 0.717) is 11.4 Å². The van der Waals surface area contributed by atoms with Crippen LogP contribution in [-0.2, 0) is 4.79 Å². The third-order valence-electron chi connectivity index (χ3n) is 2.37. The molecule has 2 aromatic carbocycles. The van der Waals surface area contributed by atoms with Crippen molar-refractivity contribution in [3.63, 3.8) is 0 Å². The van der Waals surface area contributed by atoms with Gasteiger partial charge < -0.3 is 10.5 Å². The number of hydrogen-bond donors (Lipinski definition) is 1. The van der Waals surface area contributed by atoms with Crippen LogP contribution in [0.1, 0.15) is 6.92 Å². The molecule has 0 spiro atoms. The second-order valence-electron chi connectivity index (χ2n) is 3.68. The maximum Gasteiger partial charge on any atom is 0.308 e. The van der Waals surface area contributed by atoms with Gasteiger partial charge in [-0.3, -0.25) is 4.79 Å². The van der Waals surface area contributed by atoms with Crippen molar-refractivity contribution < 1.29 is 9.53 Å². The van der Waals surface area contributed by atoms with E-state index in [1.807, 2.05) is 30.3 Å². The fraction of sp³-hybridized carbons (Fsp3) is 0.0714. The molecule has 0 unspecified atom stereocenters. The largest absolute Gasteiger partial charge is 0.426 e. The molecule has 0 heterocycles. The Bertz CT molecular complexity index is 535. The Balaban J connectivity index is 2.55. The van der Waals surface area contributed by atoms with Gasteiger partial charge in [-0.1, -0.05) is 36.4 Å². The van der Waals surface area contributed by atoms with Crippen molar-refractivity contribution in [3.8, 4) is 16.9 Å². The van der Waals surface area contributed by atoms with E-state index < -0.39 is 0 Å². The average molecular weight is 227 g/mol. The van der Waals surface area contributed by atoms with Crippen LogP contribution in [0.25, 0.3) is 11.1 Å². The summed E-state index contributed by atoms with van der Waals surface area (Å²) in [6, 6.07) is 14.9. The number of nitrogens with two attached hydrogens (primary N) is 1. The number of rotatable bonds is 2. The molecule has 3 nitrogen and oxygen atoms in total. The van der Waals surface area contributed by atoms with E-state index >= 15 is 0 Å². The molecule has 0 aliphatic rings. The average Bonchev–Trinajstić information content (AvgIpc) is 2.29. The summed E-state index contributed by atoms with van der Waals surface area (Å²) in [5, 5.41) is 0. The molecule has 2 N–H and O–H groups in total. The molecule has 0 aliphatic heterocycles. The van der Waals surface area contributed by atoms with Crippen LogP contribution < -0.4 is 10.5 Å². The zero-order valence-electron chi connectivity index (χ0n) is 9.51. The zero-order valence-corrected chi connectivity index (χ0v) is 9.51. The molecule has 0 fully saturated rings. The van der Waals surface area contributed by atoms with Crippen LogP contribution in [0.2, 0.25) is 0 Å². The first-order valence-electron chi connectivity index (χ1n) is 5.31. The van der Waals surface area contributed by atoms with Gasteiger partial charge in [-0.25, -0.2) is 0 Å². The summed E-state index contributed by atoms with van der Waals surface area (Å²) < 4.78 is 5.16. The lowest BCUT2D eigenvalue weighted by atomic mass is 10.0. The Morgan fingerprint density at radius 3 is 2.41 bits per heavy atom. The minimum atomic E-state index is -0.354. The third kappa shape index (κ3) is 2.45. The van der Waals surface area contributed by atoms with Crippen LogP contribution in [0.5, 0.6) is 5.75 Å².